The Balaban J connectivity index is 0.00000166. The topological polar surface area (TPSA) is 92.9 Å². The molecule has 1 fully saturated rings. The van der Waals surface area contributed by atoms with Gasteiger partial charge in [0.15, 0.2) is 5.43 Å². The van der Waals surface area contributed by atoms with Crippen molar-refractivity contribution in [2.75, 3.05) is 32.8 Å². The molecule has 1 aromatic carbocycles. The quantitative estimate of drug-likeness (QED) is 0.368. The number of pyridine rings is 1. The molecule has 0 unspecified atom stereocenters. The molecule has 3 rings (SSSR count). The third-order valence-electron chi connectivity index (χ3n) is 5.34. The Morgan fingerprint density at radius 3 is 2.65 bits per heavy atom. The van der Waals surface area contributed by atoms with Gasteiger partial charge in [0.25, 0.3) is 0 Å². The largest absolute Gasteiger partial charge is 0.400 e. The number of carbonyl (C=O) groups excluding carboxylic acids is 1. The van der Waals surface area contributed by atoms with Gasteiger partial charge < -0.3 is 24.5 Å². The molecule has 0 spiro atoms. The van der Waals surface area contributed by atoms with Crippen LogP contribution in [0.1, 0.15) is 24.0 Å². The number of aliphatic imine (C=N–C) groups is 1. The summed E-state index contributed by atoms with van der Waals surface area (Å²) in [6.45, 7) is 2.19. The van der Waals surface area contributed by atoms with Crippen molar-refractivity contribution in [3.05, 3.63) is 39.6 Å². The van der Waals surface area contributed by atoms with E-state index in [0.29, 0.717) is 16.8 Å². The number of allylic oxidation sites excluding steroid dienone is 1. The van der Waals surface area contributed by atoms with Gasteiger partial charge in [-0.25, -0.2) is 0 Å². The second-order valence-corrected chi connectivity index (χ2v) is 7.93. The zero-order valence-corrected chi connectivity index (χ0v) is 19.5. The number of aryl methyl sites for hydroxylation is 1. The van der Waals surface area contributed by atoms with E-state index in [1.54, 1.807) is 44.3 Å². The van der Waals surface area contributed by atoms with Crippen LogP contribution in [0.4, 0.5) is 5.82 Å². The van der Waals surface area contributed by atoms with Gasteiger partial charge in [0.1, 0.15) is 12.1 Å². The molecule has 0 saturated heterocycles. The summed E-state index contributed by atoms with van der Waals surface area (Å²) in [6.07, 6.45) is 10.00. The number of rotatable bonds is 8. The van der Waals surface area contributed by atoms with Crippen LogP contribution in [0.25, 0.3) is 17.0 Å². The Bertz CT molecular complexity index is 1020. The van der Waals surface area contributed by atoms with Crippen LogP contribution >= 0.6 is 11.8 Å². The highest BCUT2D eigenvalue weighted by molar-refractivity contribution is 7.98. The molecule has 8 heteroatoms. The van der Waals surface area contributed by atoms with Gasteiger partial charge in [-0.05, 0) is 49.8 Å². The van der Waals surface area contributed by atoms with E-state index in [2.05, 4.69) is 10.3 Å². The van der Waals surface area contributed by atoms with Crippen LogP contribution in [-0.4, -0.2) is 61.8 Å². The maximum Gasteiger partial charge on any atom is 0.198 e. The Morgan fingerprint density at radius 1 is 1.35 bits per heavy atom. The number of aliphatic hydroxyl groups excluding tert-OH is 1. The van der Waals surface area contributed by atoms with Crippen molar-refractivity contribution >= 4 is 47.1 Å². The highest BCUT2D eigenvalue weighted by Crippen LogP contribution is 2.34. The predicted octanol–water partition coefficient (Wildman–Crippen LogP) is 3.14. The van der Waals surface area contributed by atoms with Crippen LogP contribution in [-0.2, 0) is 16.1 Å². The van der Waals surface area contributed by atoms with Crippen molar-refractivity contribution in [2.45, 2.75) is 43.4 Å². The van der Waals surface area contributed by atoms with Gasteiger partial charge in [-0.1, -0.05) is 6.07 Å². The number of carbonyl (C=O) groups is 1. The van der Waals surface area contributed by atoms with Gasteiger partial charge in [0, 0.05) is 43.8 Å². The molecule has 1 saturated carbocycles. The van der Waals surface area contributed by atoms with E-state index in [1.807, 2.05) is 29.9 Å². The zero-order valence-electron chi connectivity index (χ0n) is 18.7. The van der Waals surface area contributed by atoms with Crippen LogP contribution < -0.4 is 10.7 Å². The Labute approximate surface area is 187 Å². The van der Waals surface area contributed by atoms with Crippen molar-refractivity contribution in [2.24, 2.45) is 4.99 Å². The van der Waals surface area contributed by atoms with Gasteiger partial charge in [0.2, 0.25) is 0 Å². The van der Waals surface area contributed by atoms with Crippen LogP contribution in [0, 0.1) is 6.92 Å². The highest BCUT2D eigenvalue weighted by atomic mass is 32.2. The van der Waals surface area contributed by atoms with Crippen molar-refractivity contribution in [3.63, 3.8) is 0 Å². The van der Waals surface area contributed by atoms with Crippen LogP contribution in [0.15, 0.2) is 32.9 Å². The molecule has 0 bridgehead atoms. The SMILES string of the molecule is CN=C/C=C\c1c(NC2CC(OC)C2)n(CC=O)c2c(SC)c(C)ccc2c1=O.CO. The monoisotopic (exact) mass is 445 g/mol. The van der Waals surface area contributed by atoms with E-state index in [-0.39, 0.29) is 24.1 Å². The lowest BCUT2D eigenvalue weighted by molar-refractivity contribution is -0.108. The van der Waals surface area contributed by atoms with E-state index in [0.717, 1.165) is 42.2 Å². The Morgan fingerprint density at radius 2 is 2.06 bits per heavy atom. The molecule has 2 N–H and O–H groups in total. The molecule has 1 aliphatic rings. The summed E-state index contributed by atoms with van der Waals surface area (Å²) in [4.78, 5) is 30.0. The standard InChI is InChI=1S/C22H27N3O3S.CH4O/c1-14-7-8-17-19(21(14)29-4)25(10-11-26)22(24-15-12-16(13-15)28-3)18(20(17)27)6-5-9-23-2;1-2/h5-9,11,15-16,24H,10,12-13H2,1-4H3;2H,1H3/b6-5-,23-9?;. The van der Waals surface area contributed by atoms with Crippen LogP contribution in [0.3, 0.4) is 0 Å². The fraction of sp³-hybridized carbons (Fsp3) is 0.435. The molecular formula is C23H31N3O4S. The number of nitrogens with one attached hydrogen (secondary N) is 1. The van der Waals surface area contributed by atoms with E-state index in [4.69, 9.17) is 9.84 Å². The first-order valence-corrected chi connectivity index (χ1v) is 11.3. The summed E-state index contributed by atoms with van der Waals surface area (Å²) in [5, 5.41) is 11.1. The van der Waals surface area contributed by atoms with Gasteiger partial charge in [-0.2, -0.15) is 0 Å². The summed E-state index contributed by atoms with van der Waals surface area (Å²) in [7, 11) is 4.40. The van der Waals surface area contributed by atoms with Crippen LogP contribution in [0.5, 0.6) is 0 Å². The number of ether oxygens (including phenoxy) is 1. The number of methoxy groups -OCH3 is 1. The summed E-state index contributed by atoms with van der Waals surface area (Å²) >= 11 is 1.59. The number of hydrogen-bond acceptors (Lipinski definition) is 7. The number of anilines is 1. The van der Waals surface area contributed by atoms with Crippen molar-refractivity contribution < 1.29 is 14.6 Å². The van der Waals surface area contributed by atoms with E-state index < -0.39 is 0 Å². The Kier molecular flexibility index (Phi) is 9.48. The summed E-state index contributed by atoms with van der Waals surface area (Å²) in [5.41, 5.74) is 2.37. The van der Waals surface area contributed by atoms with Crippen molar-refractivity contribution in [3.8, 4) is 0 Å². The van der Waals surface area contributed by atoms with E-state index in [9.17, 15) is 9.59 Å². The molecular weight excluding hydrogens is 414 g/mol. The molecule has 168 valence electrons. The first-order chi connectivity index (χ1) is 15.0. The number of benzene rings is 1. The maximum atomic E-state index is 13.4. The number of hydrogen-bond donors (Lipinski definition) is 2. The molecule has 0 amide bonds. The lowest BCUT2D eigenvalue weighted by atomic mass is 9.89. The fourth-order valence-electron chi connectivity index (χ4n) is 3.75. The van der Waals surface area contributed by atoms with Gasteiger partial charge in [-0.15, -0.1) is 11.8 Å². The minimum atomic E-state index is -0.0525. The summed E-state index contributed by atoms with van der Waals surface area (Å²) in [6, 6.07) is 4.02. The number of fused-ring (bicyclic) bond motifs is 1. The van der Waals surface area contributed by atoms with Gasteiger partial charge in [0.05, 0.1) is 23.7 Å². The third kappa shape index (κ3) is 5.26. The highest BCUT2D eigenvalue weighted by Gasteiger charge is 2.30. The third-order valence-corrected chi connectivity index (χ3v) is 6.26. The zero-order chi connectivity index (χ0) is 23.0. The molecule has 1 heterocycles. The van der Waals surface area contributed by atoms with Gasteiger partial charge >= 0.3 is 0 Å². The Hall–Kier alpha value is -2.42. The number of aldehydes is 1. The molecule has 0 atom stereocenters. The fourth-order valence-corrected chi connectivity index (χ4v) is 4.56. The molecule has 2 aromatic rings. The average Bonchev–Trinajstić information content (AvgIpc) is 2.75. The first kappa shape index (κ1) is 24.8. The number of nitrogens with zero attached hydrogens (tertiary/aromatic N) is 2. The molecule has 1 aromatic heterocycles. The van der Waals surface area contributed by atoms with E-state index >= 15 is 0 Å². The molecule has 7 nitrogen and oxygen atoms in total. The second kappa shape index (κ2) is 11.8. The molecule has 0 radical (unpaired) electrons. The normalized spacial score (nSPS) is 18.1. The maximum absolute atomic E-state index is 13.4. The minimum Gasteiger partial charge on any atom is -0.400 e. The lowest BCUT2D eigenvalue weighted by Crippen LogP contribution is -2.41. The molecule has 0 aliphatic heterocycles. The summed E-state index contributed by atoms with van der Waals surface area (Å²) in [5.74, 6) is 0.677. The van der Waals surface area contributed by atoms with Crippen LogP contribution in [0.2, 0.25) is 0 Å². The predicted molar refractivity (Wildman–Crippen MR) is 130 cm³/mol. The number of aliphatic hydroxyl groups is 1. The first-order valence-electron chi connectivity index (χ1n) is 10.1. The molecule has 31 heavy (non-hydrogen) atoms. The molecule has 1 aliphatic carbocycles. The summed E-state index contributed by atoms with van der Waals surface area (Å²) < 4.78 is 7.32. The van der Waals surface area contributed by atoms with Crippen molar-refractivity contribution in [1.29, 1.82) is 0 Å². The smallest absolute Gasteiger partial charge is 0.198 e. The minimum absolute atomic E-state index is 0.0525. The number of thioether (sulfide) groups is 1. The lowest BCUT2D eigenvalue weighted by Gasteiger charge is -2.36. The average molecular weight is 446 g/mol. The number of aromatic nitrogens is 1. The second-order valence-electron chi connectivity index (χ2n) is 7.12. The van der Waals surface area contributed by atoms with E-state index in [1.165, 1.54) is 0 Å². The van der Waals surface area contributed by atoms with Crippen molar-refractivity contribution in [1.82, 2.24) is 4.57 Å². The van der Waals surface area contributed by atoms with Gasteiger partial charge in [-0.3, -0.25) is 9.79 Å².